The molecule has 1 aromatic carbocycles. The fraction of sp³-hybridized carbons (Fsp3) is 0.450. The van der Waals surface area contributed by atoms with Gasteiger partial charge >= 0.3 is 0 Å². The summed E-state index contributed by atoms with van der Waals surface area (Å²) < 4.78 is 27.3. The number of carbonyl (C=O) groups excluding carboxylic acids is 2. The van der Waals surface area contributed by atoms with E-state index < -0.39 is 17.7 Å². The number of nitrogens with one attached hydrogen (secondary N) is 1. The maximum Gasteiger partial charge on any atom is 0.275 e. The minimum Gasteiger partial charge on any atom is -0.388 e. The van der Waals surface area contributed by atoms with Crippen molar-refractivity contribution in [2.24, 2.45) is 5.92 Å². The van der Waals surface area contributed by atoms with Gasteiger partial charge in [-0.05, 0) is 49.8 Å². The van der Waals surface area contributed by atoms with Crippen LogP contribution in [0.4, 0.5) is 8.78 Å². The number of hydrogen-bond acceptors (Lipinski definition) is 4. The SMILES string of the molecule is O=C1CCCc2[nH]nc(C(=O)N3CCC(C(O)c4cc(F)ccc4F)CC3)c21. The van der Waals surface area contributed by atoms with Gasteiger partial charge < -0.3 is 10.0 Å². The molecule has 1 atom stereocenters. The number of carbonyl (C=O) groups is 2. The number of rotatable bonds is 3. The highest BCUT2D eigenvalue weighted by Gasteiger charge is 2.34. The standard InChI is InChI=1S/C20H21F2N3O3/c21-12-4-5-14(22)13(10-12)19(27)11-6-8-25(9-7-11)20(28)18-17-15(23-24-18)2-1-3-16(17)26/h4-5,10-11,19,27H,1-3,6-9H2,(H,23,24). The van der Waals surface area contributed by atoms with E-state index in [9.17, 15) is 23.5 Å². The average molecular weight is 389 g/mol. The number of nitrogens with zero attached hydrogens (tertiary/aromatic N) is 2. The molecule has 8 heteroatoms. The highest BCUT2D eigenvalue weighted by atomic mass is 19.1. The second kappa shape index (κ2) is 7.43. The Morgan fingerprint density at radius 2 is 2.00 bits per heavy atom. The molecule has 1 aliphatic carbocycles. The van der Waals surface area contributed by atoms with E-state index in [1.165, 1.54) is 0 Å². The lowest BCUT2D eigenvalue weighted by Gasteiger charge is -2.34. The van der Waals surface area contributed by atoms with Gasteiger partial charge in [-0.3, -0.25) is 14.7 Å². The van der Waals surface area contributed by atoms with Gasteiger partial charge in [-0.25, -0.2) is 8.78 Å². The number of fused-ring (bicyclic) bond motifs is 1. The van der Waals surface area contributed by atoms with Crippen molar-refractivity contribution in [1.82, 2.24) is 15.1 Å². The average Bonchev–Trinajstić information content (AvgIpc) is 3.14. The molecule has 6 nitrogen and oxygen atoms in total. The molecule has 4 rings (SSSR count). The van der Waals surface area contributed by atoms with Crippen molar-refractivity contribution in [2.45, 2.75) is 38.2 Å². The summed E-state index contributed by atoms with van der Waals surface area (Å²) in [6, 6.07) is 3.03. The van der Waals surface area contributed by atoms with E-state index in [2.05, 4.69) is 10.2 Å². The number of aromatic amines is 1. The topological polar surface area (TPSA) is 86.3 Å². The van der Waals surface area contributed by atoms with Crippen molar-refractivity contribution in [3.05, 3.63) is 52.3 Å². The molecule has 0 spiro atoms. The molecule has 1 unspecified atom stereocenters. The minimum absolute atomic E-state index is 0.0586. The molecule has 0 radical (unpaired) electrons. The number of aryl methyl sites for hydroxylation is 1. The molecular weight excluding hydrogens is 368 g/mol. The highest BCUT2D eigenvalue weighted by Crippen LogP contribution is 2.33. The smallest absolute Gasteiger partial charge is 0.275 e. The monoisotopic (exact) mass is 389 g/mol. The number of amides is 1. The Kier molecular flexibility index (Phi) is 4.97. The molecule has 28 heavy (non-hydrogen) atoms. The molecule has 2 N–H and O–H groups in total. The Bertz CT molecular complexity index is 919. The van der Waals surface area contributed by atoms with Crippen LogP contribution in [0, 0.1) is 17.6 Å². The van der Waals surface area contributed by atoms with E-state index in [-0.39, 0.29) is 28.9 Å². The fourth-order valence-electron chi connectivity index (χ4n) is 4.13. The van der Waals surface area contributed by atoms with Crippen molar-refractivity contribution >= 4 is 11.7 Å². The lowest BCUT2D eigenvalue weighted by atomic mass is 9.87. The lowest BCUT2D eigenvalue weighted by molar-refractivity contribution is 0.0443. The van der Waals surface area contributed by atoms with E-state index in [1.54, 1.807) is 4.90 Å². The van der Waals surface area contributed by atoms with Gasteiger partial charge in [0.25, 0.3) is 5.91 Å². The summed E-state index contributed by atoms with van der Waals surface area (Å²) in [5.41, 5.74) is 1.22. The van der Waals surface area contributed by atoms with Crippen LogP contribution in [-0.2, 0) is 6.42 Å². The molecule has 1 saturated heterocycles. The second-order valence-corrected chi connectivity index (χ2v) is 7.44. The van der Waals surface area contributed by atoms with Crippen molar-refractivity contribution in [3.8, 4) is 0 Å². The predicted octanol–water partition coefficient (Wildman–Crippen LogP) is 2.79. The summed E-state index contributed by atoms with van der Waals surface area (Å²) >= 11 is 0. The third-order valence-electron chi connectivity index (χ3n) is 5.70. The molecule has 2 heterocycles. The van der Waals surface area contributed by atoms with Crippen molar-refractivity contribution < 1.29 is 23.5 Å². The van der Waals surface area contributed by atoms with Gasteiger partial charge in [0, 0.05) is 30.8 Å². The number of benzene rings is 1. The zero-order chi connectivity index (χ0) is 19.8. The largest absolute Gasteiger partial charge is 0.388 e. The van der Waals surface area contributed by atoms with Gasteiger partial charge in [0.2, 0.25) is 0 Å². The number of ketones is 1. The summed E-state index contributed by atoms with van der Waals surface area (Å²) in [5, 5.41) is 17.3. The van der Waals surface area contributed by atoms with Crippen molar-refractivity contribution in [1.29, 1.82) is 0 Å². The molecule has 1 fully saturated rings. The Morgan fingerprint density at radius 3 is 2.75 bits per heavy atom. The lowest BCUT2D eigenvalue weighted by Crippen LogP contribution is -2.40. The number of Topliss-reactive ketones (excluding diaryl/α,β-unsaturated/α-hetero) is 1. The van der Waals surface area contributed by atoms with Gasteiger partial charge in [-0.1, -0.05) is 0 Å². The van der Waals surface area contributed by atoms with E-state index in [4.69, 9.17) is 0 Å². The first-order valence-electron chi connectivity index (χ1n) is 9.48. The van der Waals surface area contributed by atoms with Crippen molar-refractivity contribution in [2.75, 3.05) is 13.1 Å². The zero-order valence-corrected chi connectivity index (χ0v) is 15.3. The third-order valence-corrected chi connectivity index (χ3v) is 5.70. The van der Waals surface area contributed by atoms with E-state index in [0.717, 1.165) is 24.6 Å². The molecule has 0 bridgehead atoms. The van der Waals surface area contributed by atoms with Crippen LogP contribution >= 0.6 is 0 Å². The van der Waals surface area contributed by atoms with Gasteiger partial charge in [-0.2, -0.15) is 5.10 Å². The van der Waals surface area contributed by atoms with Crippen LogP contribution in [0.25, 0.3) is 0 Å². The van der Waals surface area contributed by atoms with E-state index in [1.807, 2.05) is 0 Å². The Morgan fingerprint density at radius 1 is 1.25 bits per heavy atom. The van der Waals surface area contributed by atoms with E-state index in [0.29, 0.717) is 50.0 Å². The molecule has 2 aromatic rings. The molecule has 1 aromatic heterocycles. The van der Waals surface area contributed by atoms with Gasteiger partial charge in [0.05, 0.1) is 11.7 Å². The summed E-state index contributed by atoms with van der Waals surface area (Å²) in [6.07, 6.45) is 1.64. The highest BCUT2D eigenvalue weighted by molar-refractivity contribution is 6.08. The van der Waals surface area contributed by atoms with Crippen LogP contribution in [0.2, 0.25) is 0 Å². The molecule has 148 valence electrons. The van der Waals surface area contributed by atoms with Crippen LogP contribution in [0.5, 0.6) is 0 Å². The number of aromatic nitrogens is 2. The second-order valence-electron chi connectivity index (χ2n) is 7.44. The zero-order valence-electron chi connectivity index (χ0n) is 15.3. The third kappa shape index (κ3) is 3.32. The fourth-order valence-corrected chi connectivity index (χ4v) is 4.13. The van der Waals surface area contributed by atoms with Crippen LogP contribution in [-0.4, -0.2) is 45.0 Å². The van der Waals surface area contributed by atoms with Crippen LogP contribution in [0.15, 0.2) is 18.2 Å². The maximum atomic E-state index is 13.9. The summed E-state index contributed by atoms with van der Waals surface area (Å²) in [6.45, 7) is 0.709. The summed E-state index contributed by atoms with van der Waals surface area (Å²) in [5.74, 6) is -1.90. The summed E-state index contributed by atoms with van der Waals surface area (Å²) in [4.78, 5) is 26.6. The molecule has 2 aliphatic rings. The first-order chi connectivity index (χ1) is 13.5. The van der Waals surface area contributed by atoms with Gasteiger partial charge in [0.1, 0.15) is 11.6 Å². The number of aliphatic hydroxyl groups is 1. The van der Waals surface area contributed by atoms with Crippen molar-refractivity contribution in [3.63, 3.8) is 0 Å². The Balaban J connectivity index is 1.44. The molecule has 0 saturated carbocycles. The Hall–Kier alpha value is -2.61. The predicted molar refractivity (Wildman–Crippen MR) is 95.8 cm³/mol. The molecular formula is C20H21F2N3O3. The van der Waals surface area contributed by atoms with Crippen LogP contribution in [0.3, 0.4) is 0 Å². The van der Waals surface area contributed by atoms with Crippen LogP contribution < -0.4 is 0 Å². The number of H-pyrrole nitrogens is 1. The minimum atomic E-state index is -1.13. The first kappa shape index (κ1) is 18.7. The van der Waals surface area contributed by atoms with Gasteiger partial charge in [0.15, 0.2) is 11.5 Å². The number of likely N-dealkylation sites (tertiary alicyclic amines) is 1. The van der Waals surface area contributed by atoms with E-state index >= 15 is 0 Å². The summed E-state index contributed by atoms with van der Waals surface area (Å²) in [7, 11) is 0. The normalized spacial score (nSPS) is 18.8. The number of halogens is 2. The first-order valence-corrected chi connectivity index (χ1v) is 9.48. The number of piperidine rings is 1. The maximum absolute atomic E-state index is 13.9. The number of hydrogen-bond donors (Lipinski definition) is 2. The Labute approximate surface area is 160 Å². The quantitative estimate of drug-likeness (QED) is 0.845. The molecule has 1 aliphatic heterocycles. The molecule has 1 amide bonds. The van der Waals surface area contributed by atoms with Gasteiger partial charge in [-0.15, -0.1) is 0 Å². The van der Waals surface area contributed by atoms with Crippen LogP contribution in [0.1, 0.15) is 63.9 Å². The number of aliphatic hydroxyl groups excluding tert-OH is 1.